The lowest BCUT2D eigenvalue weighted by molar-refractivity contribution is 0.430. The molecule has 0 bridgehead atoms. The van der Waals surface area contributed by atoms with Crippen molar-refractivity contribution in [1.82, 2.24) is 14.8 Å². The van der Waals surface area contributed by atoms with Crippen molar-refractivity contribution >= 4 is 11.9 Å². The minimum Gasteiger partial charge on any atom is -0.366 e. The van der Waals surface area contributed by atoms with Crippen LogP contribution in [0.2, 0.25) is 0 Å². The van der Waals surface area contributed by atoms with Gasteiger partial charge in [-0.15, -0.1) is 5.10 Å². The third-order valence-electron chi connectivity index (χ3n) is 4.73. The molecule has 1 aliphatic rings. The summed E-state index contributed by atoms with van der Waals surface area (Å²) in [7, 11) is 0. The molecular formula is C19H21N5. The number of benzene rings is 2. The highest BCUT2D eigenvalue weighted by Gasteiger charge is 2.31. The SMILES string of the molecule is Cc1ccc([C@H]2C[C@@H](c3ccccc3C)n3nc(N)nc3N2)cc1. The number of nitrogens with zero attached hydrogens (tertiary/aromatic N) is 3. The second-order valence-corrected chi connectivity index (χ2v) is 6.45. The van der Waals surface area contributed by atoms with E-state index in [0.717, 1.165) is 12.4 Å². The minimum atomic E-state index is 0.124. The summed E-state index contributed by atoms with van der Waals surface area (Å²) in [6.45, 7) is 4.24. The van der Waals surface area contributed by atoms with Gasteiger partial charge in [0.15, 0.2) is 0 Å². The monoisotopic (exact) mass is 319 g/mol. The van der Waals surface area contributed by atoms with Crippen LogP contribution in [-0.4, -0.2) is 14.8 Å². The topological polar surface area (TPSA) is 68.8 Å². The second-order valence-electron chi connectivity index (χ2n) is 6.45. The van der Waals surface area contributed by atoms with E-state index in [-0.39, 0.29) is 12.1 Å². The Hall–Kier alpha value is -2.82. The largest absolute Gasteiger partial charge is 0.366 e. The number of nitrogen functional groups attached to an aromatic ring is 1. The zero-order chi connectivity index (χ0) is 16.7. The maximum atomic E-state index is 5.86. The van der Waals surface area contributed by atoms with E-state index in [0.29, 0.717) is 5.95 Å². The smallest absolute Gasteiger partial charge is 0.241 e. The molecule has 0 radical (unpaired) electrons. The van der Waals surface area contributed by atoms with E-state index < -0.39 is 0 Å². The van der Waals surface area contributed by atoms with E-state index in [1.54, 1.807) is 0 Å². The van der Waals surface area contributed by atoms with Gasteiger partial charge < -0.3 is 11.1 Å². The van der Waals surface area contributed by atoms with Crippen LogP contribution in [0, 0.1) is 13.8 Å². The third kappa shape index (κ3) is 2.52. The van der Waals surface area contributed by atoms with Crippen LogP contribution >= 0.6 is 0 Å². The lowest BCUT2D eigenvalue weighted by Crippen LogP contribution is -2.28. The van der Waals surface area contributed by atoms with Crippen molar-refractivity contribution in [3.05, 3.63) is 70.8 Å². The van der Waals surface area contributed by atoms with Crippen molar-refractivity contribution < 1.29 is 0 Å². The molecule has 4 rings (SSSR count). The van der Waals surface area contributed by atoms with Crippen molar-refractivity contribution in [1.29, 1.82) is 0 Å². The van der Waals surface area contributed by atoms with Crippen LogP contribution < -0.4 is 11.1 Å². The molecule has 2 aromatic carbocycles. The number of nitrogens with two attached hydrogens (primary N) is 1. The number of hydrogen-bond donors (Lipinski definition) is 2. The first-order valence-electron chi connectivity index (χ1n) is 8.22. The van der Waals surface area contributed by atoms with Gasteiger partial charge in [0.05, 0.1) is 12.1 Å². The molecule has 2 atom stereocenters. The number of aryl methyl sites for hydroxylation is 2. The Morgan fingerprint density at radius 3 is 2.58 bits per heavy atom. The van der Waals surface area contributed by atoms with Gasteiger partial charge >= 0.3 is 0 Å². The van der Waals surface area contributed by atoms with Crippen LogP contribution in [-0.2, 0) is 0 Å². The van der Waals surface area contributed by atoms with Gasteiger partial charge in [0.25, 0.3) is 0 Å². The summed E-state index contributed by atoms with van der Waals surface area (Å²) >= 11 is 0. The van der Waals surface area contributed by atoms with Crippen molar-refractivity contribution in [2.75, 3.05) is 11.1 Å². The fraction of sp³-hybridized carbons (Fsp3) is 0.263. The molecule has 0 aliphatic carbocycles. The van der Waals surface area contributed by atoms with Crippen molar-refractivity contribution in [2.45, 2.75) is 32.4 Å². The summed E-state index contributed by atoms with van der Waals surface area (Å²) in [5.41, 5.74) is 10.9. The lowest BCUT2D eigenvalue weighted by Gasteiger charge is -2.32. The number of hydrogen-bond acceptors (Lipinski definition) is 4. The van der Waals surface area contributed by atoms with Gasteiger partial charge in [-0.25, -0.2) is 4.68 Å². The zero-order valence-electron chi connectivity index (χ0n) is 13.9. The summed E-state index contributed by atoms with van der Waals surface area (Å²) < 4.78 is 1.92. The van der Waals surface area contributed by atoms with E-state index in [1.165, 1.54) is 22.3 Å². The average Bonchev–Trinajstić information content (AvgIpc) is 2.95. The lowest BCUT2D eigenvalue weighted by atomic mass is 9.91. The first kappa shape index (κ1) is 14.8. The molecule has 3 N–H and O–H groups in total. The molecule has 24 heavy (non-hydrogen) atoms. The van der Waals surface area contributed by atoms with Crippen LogP contribution in [0.5, 0.6) is 0 Å². The van der Waals surface area contributed by atoms with Gasteiger partial charge in [0.1, 0.15) is 0 Å². The molecule has 0 fully saturated rings. The maximum absolute atomic E-state index is 5.86. The molecule has 5 heteroatoms. The summed E-state index contributed by atoms with van der Waals surface area (Å²) in [6.07, 6.45) is 0.906. The fourth-order valence-corrected chi connectivity index (χ4v) is 3.43. The van der Waals surface area contributed by atoms with E-state index >= 15 is 0 Å². The molecule has 2 heterocycles. The fourth-order valence-electron chi connectivity index (χ4n) is 3.43. The van der Waals surface area contributed by atoms with E-state index in [2.05, 4.69) is 77.8 Å². The molecule has 0 unspecified atom stereocenters. The van der Waals surface area contributed by atoms with Crippen molar-refractivity contribution in [3.8, 4) is 0 Å². The molecule has 1 aromatic heterocycles. The number of aromatic nitrogens is 3. The molecule has 0 saturated carbocycles. The van der Waals surface area contributed by atoms with Gasteiger partial charge in [-0.1, -0.05) is 54.1 Å². The van der Waals surface area contributed by atoms with Crippen LogP contribution in [0.3, 0.4) is 0 Å². The molecule has 0 spiro atoms. The Morgan fingerprint density at radius 2 is 1.83 bits per heavy atom. The summed E-state index contributed by atoms with van der Waals surface area (Å²) in [4.78, 5) is 4.37. The number of nitrogens with one attached hydrogen (secondary N) is 1. The van der Waals surface area contributed by atoms with E-state index in [9.17, 15) is 0 Å². The van der Waals surface area contributed by atoms with Gasteiger partial charge in [0.2, 0.25) is 11.9 Å². The number of fused-ring (bicyclic) bond motifs is 1. The van der Waals surface area contributed by atoms with Crippen LogP contribution in [0.1, 0.15) is 40.8 Å². The molecule has 0 amide bonds. The van der Waals surface area contributed by atoms with Gasteiger partial charge in [0, 0.05) is 0 Å². The van der Waals surface area contributed by atoms with Gasteiger partial charge in [-0.05, 0) is 37.0 Å². The van der Waals surface area contributed by atoms with Crippen LogP contribution in [0.4, 0.5) is 11.9 Å². The van der Waals surface area contributed by atoms with Gasteiger partial charge in [-0.3, -0.25) is 0 Å². The highest BCUT2D eigenvalue weighted by atomic mass is 15.4. The van der Waals surface area contributed by atoms with E-state index in [1.807, 2.05) is 4.68 Å². The Morgan fingerprint density at radius 1 is 1.08 bits per heavy atom. The molecule has 122 valence electrons. The normalized spacial score (nSPS) is 19.6. The molecular weight excluding hydrogens is 298 g/mol. The quantitative estimate of drug-likeness (QED) is 0.757. The summed E-state index contributed by atoms with van der Waals surface area (Å²) in [5, 5.41) is 7.90. The third-order valence-corrected chi connectivity index (χ3v) is 4.73. The molecule has 3 aromatic rings. The first-order chi connectivity index (χ1) is 11.6. The predicted octanol–water partition coefficient (Wildman–Crippen LogP) is 3.62. The van der Waals surface area contributed by atoms with Crippen molar-refractivity contribution in [2.24, 2.45) is 0 Å². The summed E-state index contributed by atoms with van der Waals surface area (Å²) in [5.74, 6) is 1.04. The predicted molar refractivity (Wildman–Crippen MR) is 95.9 cm³/mol. The number of rotatable bonds is 2. The maximum Gasteiger partial charge on any atom is 0.241 e. The van der Waals surface area contributed by atoms with Crippen molar-refractivity contribution in [3.63, 3.8) is 0 Å². The highest BCUT2D eigenvalue weighted by molar-refractivity contribution is 5.43. The Labute approximate surface area is 141 Å². The number of anilines is 2. The minimum absolute atomic E-state index is 0.124. The standard InChI is InChI=1S/C19H21N5/c1-12-7-9-14(10-8-12)16-11-17(15-6-4-3-5-13(15)2)24-19(21-16)22-18(20)23-24/h3-10,16-17H,11H2,1-2H3,(H3,20,21,22,23)/t16-,17+/m1/s1. The molecule has 1 aliphatic heterocycles. The Kier molecular flexibility index (Phi) is 3.49. The first-order valence-corrected chi connectivity index (χ1v) is 8.22. The Balaban J connectivity index is 1.78. The van der Waals surface area contributed by atoms with Crippen LogP contribution in [0.25, 0.3) is 0 Å². The second kappa shape index (κ2) is 5.67. The zero-order valence-corrected chi connectivity index (χ0v) is 13.9. The molecule has 0 saturated heterocycles. The summed E-state index contributed by atoms with van der Waals surface area (Å²) in [6, 6.07) is 17.4. The van der Waals surface area contributed by atoms with E-state index in [4.69, 9.17) is 5.73 Å². The highest BCUT2D eigenvalue weighted by Crippen LogP contribution is 2.38. The van der Waals surface area contributed by atoms with Crippen LogP contribution in [0.15, 0.2) is 48.5 Å². The average molecular weight is 319 g/mol. The van der Waals surface area contributed by atoms with Gasteiger partial charge in [-0.2, -0.15) is 4.98 Å². The Bertz CT molecular complexity index is 866. The molecule has 5 nitrogen and oxygen atoms in total.